The van der Waals surface area contributed by atoms with Crippen LogP contribution in [-0.2, 0) is 19.1 Å². The van der Waals surface area contributed by atoms with E-state index in [-0.39, 0.29) is 12.5 Å². The van der Waals surface area contributed by atoms with Gasteiger partial charge in [-0.2, -0.15) is 0 Å². The SMILES string of the molecule is CCOC(=O)C1C(=O)N(CCCOC)c2nc3ccccc3n2C1c1ccc(Cl)cc1. The molecule has 3 aromatic rings. The van der Waals surface area contributed by atoms with Crippen LogP contribution in [0.1, 0.15) is 24.9 Å². The molecule has 2 atom stereocenters. The summed E-state index contributed by atoms with van der Waals surface area (Å²) < 4.78 is 12.5. The minimum Gasteiger partial charge on any atom is -0.465 e. The zero-order chi connectivity index (χ0) is 22.0. The van der Waals surface area contributed by atoms with Gasteiger partial charge in [0.25, 0.3) is 0 Å². The lowest BCUT2D eigenvalue weighted by molar-refractivity contribution is -0.153. The normalized spacial score (nSPS) is 18.3. The highest BCUT2D eigenvalue weighted by Crippen LogP contribution is 2.41. The van der Waals surface area contributed by atoms with Crippen molar-refractivity contribution in [3.05, 3.63) is 59.1 Å². The molecule has 0 fully saturated rings. The van der Waals surface area contributed by atoms with E-state index in [1.54, 1.807) is 31.1 Å². The summed E-state index contributed by atoms with van der Waals surface area (Å²) in [6.45, 7) is 2.81. The van der Waals surface area contributed by atoms with E-state index in [0.717, 1.165) is 16.6 Å². The Kier molecular flexibility index (Phi) is 6.25. The van der Waals surface area contributed by atoms with Crippen LogP contribution in [-0.4, -0.2) is 48.3 Å². The van der Waals surface area contributed by atoms with E-state index >= 15 is 0 Å². The van der Waals surface area contributed by atoms with Gasteiger partial charge >= 0.3 is 5.97 Å². The third-order valence-electron chi connectivity index (χ3n) is 5.43. The Morgan fingerprint density at radius 1 is 1.16 bits per heavy atom. The molecule has 0 saturated carbocycles. The van der Waals surface area contributed by atoms with Gasteiger partial charge < -0.3 is 14.0 Å². The first-order valence-electron chi connectivity index (χ1n) is 10.3. The number of fused-ring (bicyclic) bond motifs is 3. The van der Waals surface area contributed by atoms with Gasteiger partial charge in [0.2, 0.25) is 11.9 Å². The monoisotopic (exact) mass is 441 g/mol. The van der Waals surface area contributed by atoms with Gasteiger partial charge in [-0.05, 0) is 43.2 Å². The predicted octanol–water partition coefficient (Wildman–Crippen LogP) is 3.84. The molecule has 1 aromatic heterocycles. The van der Waals surface area contributed by atoms with Crippen molar-refractivity contribution < 1.29 is 19.1 Å². The van der Waals surface area contributed by atoms with E-state index in [4.69, 9.17) is 26.1 Å². The largest absolute Gasteiger partial charge is 0.465 e. The molecule has 8 heteroatoms. The van der Waals surface area contributed by atoms with Crippen molar-refractivity contribution in [2.45, 2.75) is 19.4 Å². The van der Waals surface area contributed by atoms with Gasteiger partial charge in [0, 0.05) is 25.3 Å². The summed E-state index contributed by atoms with van der Waals surface area (Å²) in [4.78, 5) is 33.0. The maximum absolute atomic E-state index is 13.6. The van der Waals surface area contributed by atoms with Crippen LogP contribution in [0.4, 0.5) is 5.95 Å². The molecule has 0 aliphatic carbocycles. The van der Waals surface area contributed by atoms with Crippen LogP contribution >= 0.6 is 11.6 Å². The second kappa shape index (κ2) is 9.08. The number of halogens is 1. The number of rotatable bonds is 7. The van der Waals surface area contributed by atoms with E-state index in [0.29, 0.717) is 30.5 Å². The molecule has 1 aliphatic rings. The molecule has 0 bridgehead atoms. The summed E-state index contributed by atoms with van der Waals surface area (Å²) >= 11 is 6.10. The number of hydrogen-bond donors (Lipinski definition) is 0. The number of esters is 1. The zero-order valence-corrected chi connectivity index (χ0v) is 18.2. The maximum Gasteiger partial charge on any atom is 0.321 e. The van der Waals surface area contributed by atoms with Crippen LogP contribution in [0.15, 0.2) is 48.5 Å². The highest BCUT2D eigenvalue weighted by Gasteiger charge is 2.47. The van der Waals surface area contributed by atoms with Crippen molar-refractivity contribution in [1.82, 2.24) is 9.55 Å². The fourth-order valence-electron chi connectivity index (χ4n) is 4.09. The minimum atomic E-state index is -1.03. The van der Waals surface area contributed by atoms with E-state index in [2.05, 4.69) is 0 Å². The van der Waals surface area contributed by atoms with E-state index in [1.165, 1.54) is 0 Å². The van der Waals surface area contributed by atoms with Gasteiger partial charge in [-0.15, -0.1) is 0 Å². The summed E-state index contributed by atoms with van der Waals surface area (Å²) in [6, 6.07) is 14.3. The molecular weight excluding hydrogens is 418 g/mol. The van der Waals surface area contributed by atoms with E-state index in [9.17, 15) is 9.59 Å². The molecule has 0 N–H and O–H groups in total. The molecule has 1 amide bonds. The number of para-hydroxylation sites is 2. The molecule has 2 heterocycles. The zero-order valence-electron chi connectivity index (χ0n) is 17.5. The Morgan fingerprint density at radius 2 is 1.90 bits per heavy atom. The quantitative estimate of drug-likeness (QED) is 0.316. The van der Waals surface area contributed by atoms with Crippen LogP contribution in [0.5, 0.6) is 0 Å². The number of anilines is 1. The second-order valence-electron chi connectivity index (χ2n) is 7.33. The number of ether oxygens (including phenoxy) is 2. The minimum absolute atomic E-state index is 0.192. The third kappa shape index (κ3) is 3.91. The van der Waals surface area contributed by atoms with Crippen molar-refractivity contribution in [3.63, 3.8) is 0 Å². The lowest BCUT2D eigenvalue weighted by Gasteiger charge is -2.38. The summed E-state index contributed by atoms with van der Waals surface area (Å²) in [5.41, 5.74) is 2.39. The van der Waals surface area contributed by atoms with E-state index < -0.39 is 17.9 Å². The van der Waals surface area contributed by atoms with E-state index in [1.807, 2.05) is 41.0 Å². The number of nitrogens with zero attached hydrogens (tertiary/aromatic N) is 3. The van der Waals surface area contributed by atoms with Crippen molar-refractivity contribution >= 4 is 40.5 Å². The van der Waals surface area contributed by atoms with Crippen LogP contribution in [0.3, 0.4) is 0 Å². The number of amides is 1. The molecular formula is C23H24ClN3O4. The number of benzene rings is 2. The Morgan fingerprint density at radius 3 is 2.61 bits per heavy atom. The fraction of sp³-hybridized carbons (Fsp3) is 0.348. The molecule has 162 valence electrons. The second-order valence-corrected chi connectivity index (χ2v) is 7.77. The topological polar surface area (TPSA) is 73.7 Å². The molecule has 0 radical (unpaired) electrons. The average Bonchev–Trinajstić information content (AvgIpc) is 3.15. The molecule has 0 spiro atoms. The Balaban J connectivity index is 1.93. The first-order valence-corrected chi connectivity index (χ1v) is 10.6. The molecule has 4 rings (SSSR count). The van der Waals surface area contributed by atoms with Crippen molar-refractivity contribution in [2.75, 3.05) is 31.8 Å². The molecule has 7 nitrogen and oxygen atoms in total. The van der Waals surface area contributed by atoms with Crippen LogP contribution in [0.2, 0.25) is 5.02 Å². The molecule has 31 heavy (non-hydrogen) atoms. The fourth-order valence-corrected chi connectivity index (χ4v) is 4.21. The first kappa shape index (κ1) is 21.3. The van der Waals surface area contributed by atoms with Gasteiger partial charge in [-0.3, -0.25) is 14.5 Å². The Hall–Kier alpha value is -2.90. The molecule has 2 unspecified atom stereocenters. The maximum atomic E-state index is 13.6. The van der Waals surface area contributed by atoms with Gasteiger partial charge in [-0.25, -0.2) is 4.98 Å². The van der Waals surface area contributed by atoms with Crippen LogP contribution in [0.25, 0.3) is 11.0 Å². The van der Waals surface area contributed by atoms with Crippen LogP contribution < -0.4 is 4.90 Å². The number of aromatic nitrogens is 2. The third-order valence-corrected chi connectivity index (χ3v) is 5.68. The summed E-state index contributed by atoms with van der Waals surface area (Å²) in [6.07, 6.45) is 0.618. The van der Waals surface area contributed by atoms with Crippen molar-refractivity contribution in [2.24, 2.45) is 5.92 Å². The lowest BCUT2D eigenvalue weighted by atomic mass is 9.89. The summed E-state index contributed by atoms with van der Waals surface area (Å²) in [7, 11) is 1.62. The number of carbonyl (C=O) groups is 2. The van der Waals surface area contributed by atoms with Gasteiger partial charge in [0.1, 0.15) is 0 Å². The smallest absolute Gasteiger partial charge is 0.321 e. The summed E-state index contributed by atoms with van der Waals surface area (Å²) in [5.74, 6) is -1.39. The molecule has 0 saturated heterocycles. The van der Waals surface area contributed by atoms with Gasteiger partial charge in [-0.1, -0.05) is 35.9 Å². The Labute approximate surface area is 185 Å². The lowest BCUT2D eigenvalue weighted by Crippen LogP contribution is -2.50. The molecule has 2 aromatic carbocycles. The van der Waals surface area contributed by atoms with Crippen LogP contribution in [0, 0.1) is 5.92 Å². The predicted molar refractivity (Wildman–Crippen MR) is 118 cm³/mol. The number of hydrogen-bond acceptors (Lipinski definition) is 5. The summed E-state index contributed by atoms with van der Waals surface area (Å²) in [5, 5.41) is 0.579. The van der Waals surface area contributed by atoms with Gasteiger partial charge in [0.05, 0.1) is 23.7 Å². The number of carbonyl (C=O) groups excluding carboxylic acids is 2. The van der Waals surface area contributed by atoms with Gasteiger partial charge in [0.15, 0.2) is 5.92 Å². The highest BCUT2D eigenvalue weighted by molar-refractivity contribution is 6.30. The van der Waals surface area contributed by atoms with Crippen molar-refractivity contribution in [1.29, 1.82) is 0 Å². The average molecular weight is 442 g/mol. The Bertz CT molecular complexity index is 1100. The van der Waals surface area contributed by atoms with Crippen molar-refractivity contribution in [3.8, 4) is 0 Å². The standard InChI is InChI=1S/C23H24ClN3O4/c1-3-31-22(29)19-20(15-9-11-16(24)12-10-15)27-18-8-5-4-7-17(18)25-23(27)26(21(19)28)13-6-14-30-2/h4-5,7-12,19-20H,3,6,13-14H2,1-2H3. The molecule has 1 aliphatic heterocycles. The number of imidazole rings is 1. The first-order chi connectivity index (χ1) is 15.1. The highest BCUT2D eigenvalue weighted by atomic mass is 35.5. The number of methoxy groups -OCH3 is 1.